The van der Waals surface area contributed by atoms with Gasteiger partial charge in [0.1, 0.15) is 5.69 Å². The summed E-state index contributed by atoms with van der Waals surface area (Å²) in [6, 6.07) is 0. The highest BCUT2D eigenvalue weighted by Gasteiger charge is 2.10. The van der Waals surface area contributed by atoms with E-state index in [0.717, 1.165) is 11.3 Å². The van der Waals surface area contributed by atoms with E-state index in [4.69, 9.17) is 5.11 Å². The number of nitrogens with zero attached hydrogens (tertiary/aromatic N) is 3. The molecule has 0 bridgehead atoms. The fourth-order valence-corrected chi connectivity index (χ4v) is 1.63. The van der Waals surface area contributed by atoms with Gasteiger partial charge in [-0.1, -0.05) is 0 Å². The molecule has 0 fully saturated rings. The number of hydrogen-bond acceptors (Lipinski definition) is 5. The highest BCUT2D eigenvalue weighted by Crippen LogP contribution is 2.23. The molecule has 0 saturated heterocycles. The van der Waals surface area contributed by atoms with E-state index in [1.54, 1.807) is 18.6 Å². The summed E-state index contributed by atoms with van der Waals surface area (Å²) in [4.78, 5) is 22.9. The van der Waals surface area contributed by atoms with Crippen molar-refractivity contribution in [1.82, 2.24) is 15.0 Å². The van der Waals surface area contributed by atoms with Gasteiger partial charge in [-0.2, -0.15) is 0 Å². The molecule has 0 aromatic carbocycles. The second kappa shape index (κ2) is 3.51. The van der Waals surface area contributed by atoms with E-state index in [1.165, 1.54) is 6.20 Å². The number of aromatic carboxylic acids is 1. The predicted octanol–water partition coefficient (Wildman–Crippen LogP) is 1.30. The fraction of sp³-hybridized carbons (Fsp3) is 0. The van der Waals surface area contributed by atoms with Crippen LogP contribution in [-0.4, -0.2) is 26.0 Å². The smallest absolute Gasteiger partial charge is 0.365 e. The molecule has 2 rings (SSSR count). The summed E-state index contributed by atoms with van der Waals surface area (Å²) in [5.41, 5.74) is 0.637. The first-order valence-electron chi connectivity index (χ1n) is 3.73. The van der Waals surface area contributed by atoms with E-state index < -0.39 is 5.97 Å². The maximum absolute atomic E-state index is 10.6. The molecule has 0 spiro atoms. The Kier molecular flexibility index (Phi) is 2.19. The van der Waals surface area contributed by atoms with Crippen LogP contribution in [0, 0.1) is 0 Å². The molecule has 2 aromatic heterocycles. The van der Waals surface area contributed by atoms with Crippen LogP contribution in [0.2, 0.25) is 0 Å². The molecular formula is C8H5N3O2S. The fourth-order valence-electron chi connectivity index (χ4n) is 0.918. The summed E-state index contributed by atoms with van der Waals surface area (Å²) in [6.45, 7) is 0. The van der Waals surface area contributed by atoms with Crippen LogP contribution in [-0.2, 0) is 0 Å². The van der Waals surface area contributed by atoms with Crippen molar-refractivity contribution in [2.24, 2.45) is 0 Å². The van der Waals surface area contributed by atoms with Crippen LogP contribution in [0.4, 0.5) is 0 Å². The van der Waals surface area contributed by atoms with E-state index in [-0.39, 0.29) is 5.01 Å². The topological polar surface area (TPSA) is 76.0 Å². The summed E-state index contributed by atoms with van der Waals surface area (Å²) in [6.07, 6.45) is 6.16. The van der Waals surface area contributed by atoms with Gasteiger partial charge in [0.15, 0.2) is 0 Å². The summed E-state index contributed by atoms with van der Waals surface area (Å²) in [7, 11) is 0. The molecule has 0 aliphatic carbocycles. The summed E-state index contributed by atoms with van der Waals surface area (Å²) >= 11 is 1.08. The van der Waals surface area contributed by atoms with Gasteiger partial charge >= 0.3 is 5.97 Å². The molecule has 14 heavy (non-hydrogen) atoms. The second-order valence-electron chi connectivity index (χ2n) is 2.43. The number of carboxylic acids is 1. The molecule has 0 atom stereocenters. The molecule has 0 radical (unpaired) electrons. The van der Waals surface area contributed by atoms with E-state index in [2.05, 4.69) is 15.0 Å². The maximum atomic E-state index is 10.6. The molecule has 5 nitrogen and oxygen atoms in total. The lowest BCUT2D eigenvalue weighted by Crippen LogP contribution is -1.92. The van der Waals surface area contributed by atoms with Crippen molar-refractivity contribution in [1.29, 1.82) is 0 Å². The molecule has 0 saturated carbocycles. The monoisotopic (exact) mass is 207 g/mol. The van der Waals surface area contributed by atoms with Crippen molar-refractivity contribution < 1.29 is 9.90 Å². The third kappa shape index (κ3) is 1.60. The Bertz CT molecular complexity index is 455. The highest BCUT2D eigenvalue weighted by atomic mass is 32.1. The SMILES string of the molecule is O=C(O)c1ncc(-c2cnccn2)s1. The van der Waals surface area contributed by atoms with Gasteiger partial charge < -0.3 is 5.11 Å². The second-order valence-corrected chi connectivity index (χ2v) is 3.46. The molecule has 1 N–H and O–H groups in total. The average Bonchev–Trinajstić information content (AvgIpc) is 2.68. The average molecular weight is 207 g/mol. The molecule has 0 amide bonds. The van der Waals surface area contributed by atoms with Gasteiger partial charge in [0.25, 0.3) is 0 Å². The molecular weight excluding hydrogens is 202 g/mol. The van der Waals surface area contributed by atoms with E-state index in [9.17, 15) is 4.79 Å². The Morgan fingerprint density at radius 2 is 2.14 bits per heavy atom. The van der Waals surface area contributed by atoms with Crippen LogP contribution in [0.15, 0.2) is 24.8 Å². The molecule has 2 aromatic rings. The number of thiazole rings is 1. The van der Waals surface area contributed by atoms with Crippen LogP contribution >= 0.6 is 11.3 Å². The molecule has 0 aliphatic heterocycles. The summed E-state index contributed by atoms with van der Waals surface area (Å²) in [5.74, 6) is -1.02. The van der Waals surface area contributed by atoms with Gasteiger partial charge in [-0.05, 0) is 0 Å². The van der Waals surface area contributed by atoms with Crippen LogP contribution in [0.25, 0.3) is 10.6 Å². The summed E-state index contributed by atoms with van der Waals surface area (Å²) in [5, 5.41) is 8.72. The van der Waals surface area contributed by atoms with Gasteiger partial charge in [0.05, 0.1) is 11.1 Å². The van der Waals surface area contributed by atoms with Gasteiger partial charge in [-0.15, -0.1) is 11.3 Å². The zero-order chi connectivity index (χ0) is 9.97. The number of carbonyl (C=O) groups is 1. The lowest BCUT2D eigenvalue weighted by Gasteiger charge is -1.90. The zero-order valence-corrected chi connectivity index (χ0v) is 7.73. The Labute approximate surface area is 83.1 Å². The van der Waals surface area contributed by atoms with Crippen molar-refractivity contribution in [2.45, 2.75) is 0 Å². The summed E-state index contributed by atoms with van der Waals surface area (Å²) < 4.78 is 0. The third-order valence-electron chi connectivity index (χ3n) is 1.50. The quantitative estimate of drug-likeness (QED) is 0.803. The maximum Gasteiger partial charge on any atom is 0.365 e. The van der Waals surface area contributed by atoms with Crippen LogP contribution in [0.5, 0.6) is 0 Å². The lowest BCUT2D eigenvalue weighted by molar-refractivity contribution is 0.0696. The van der Waals surface area contributed by atoms with Crippen LogP contribution < -0.4 is 0 Å². The molecule has 6 heteroatoms. The van der Waals surface area contributed by atoms with E-state index in [1.807, 2.05) is 0 Å². The van der Waals surface area contributed by atoms with Crippen molar-refractivity contribution in [3.05, 3.63) is 29.8 Å². The lowest BCUT2D eigenvalue weighted by atomic mass is 10.4. The van der Waals surface area contributed by atoms with Crippen molar-refractivity contribution >= 4 is 17.3 Å². The Morgan fingerprint density at radius 1 is 1.29 bits per heavy atom. The Balaban J connectivity index is 2.39. The zero-order valence-electron chi connectivity index (χ0n) is 6.91. The third-order valence-corrected chi connectivity index (χ3v) is 2.51. The first kappa shape index (κ1) is 8.76. The van der Waals surface area contributed by atoms with Crippen molar-refractivity contribution in [3.63, 3.8) is 0 Å². The first-order chi connectivity index (χ1) is 6.77. The minimum atomic E-state index is -1.02. The molecule has 2 heterocycles. The van der Waals surface area contributed by atoms with Crippen molar-refractivity contribution in [2.75, 3.05) is 0 Å². The number of carboxylic acid groups (broad SMARTS) is 1. The van der Waals surface area contributed by atoms with E-state index in [0.29, 0.717) is 10.6 Å². The number of aromatic nitrogens is 3. The minimum Gasteiger partial charge on any atom is -0.476 e. The largest absolute Gasteiger partial charge is 0.476 e. The van der Waals surface area contributed by atoms with E-state index >= 15 is 0 Å². The highest BCUT2D eigenvalue weighted by molar-refractivity contribution is 7.16. The van der Waals surface area contributed by atoms with Gasteiger partial charge in [0, 0.05) is 18.6 Å². The Hall–Kier alpha value is -1.82. The minimum absolute atomic E-state index is 0.0608. The van der Waals surface area contributed by atoms with Gasteiger partial charge in [0.2, 0.25) is 5.01 Å². The normalized spacial score (nSPS) is 10.0. The molecule has 0 aliphatic rings. The molecule has 70 valence electrons. The van der Waals surface area contributed by atoms with Crippen LogP contribution in [0.1, 0.15) is 9.80 Å². The van der Waals surface area contributed by atoms with Crippen molar-refractivity contribution in [3.8, 4) is 10.6 Å². The number of rotatable bonds is 2. The standard InChI is InChI=1S/C8H5N3O2S/c12-8(13)7-11-4-6(14-7)5-3-9-1-2-10-5/h1-4H,(H,12,13). The van der Waals surface area contributed by atoms with Gasteiger partial charge in [-0.25, -0.2) is 9.78 Å². The number of hydrogen-bond donors (Lipinski definition) is 1. The Morgan fingerprint density at radius 3 is 2.71 bits per heavy atom. The van der Waals surface area contributed by atoms with Crippen LogP contribution in [0.3, 0.4) is 0 Å². The van der Waals surface area contributed by atoms with Gasteiger partial charge in [-0.3, -0.25) is 9.97 Å². The first-order valence-corrected chi connectivity index (χ1v) is 4.54. The predicted molar refractivity (Wildman–Crippen MR) is 50.1 cm³/mol. The molecule has 0 unspecified atom stereocenters.